The van der Waals surface area contributed by atoms with Crippen LogP contribution in [-0.2, 0) is 9.84 Å². The van der Waals surface area contributed by atoms with Crippen molar-refractivity contribution in [2.75, 3.05) is 18.6 Å². The first-order valence-corrected chi connectivity index (χ1v) is 11.3. The third kappa shape index (κ3) is 3.90. The molecule has 1 aliphatic heterocycles. The molecule has 1 atom stereocenters. The van der Waals surface area contributed by atoms with Crippen LogP contribution in [0.2, 0.25) is 5.02 Å². The molecule has 2 heterocycles. The first kappa shape index (κ1) is 20.4. The van der Waals surface area contributed by atoms with Gasteiger partial charge in [-0.2, -0.15) is 0 Å². The number of methoxy groups -OCH3 is 1. The number of carbonyl (C=O) groups excluding carboxylic acids is 1. The van der Waals surface area contributed by atoms with Crippen molar-refractivity contribution in [1.82, 2.24) is 14.9 Å². The Morgan fingerprint density at radius 3 is 2.73 bits per heavy atom. The van der Waals surface area contributed by atoms with Crippen LogP contribution in [0.4, 0.5) is 0 Å². The summed E-state index contributed by atoms with van der Waals surface area (Å²) in [4.78, 5) is 29.7. The second kappa shape index (κ2) is 7.73. The molecule has 1 fully saturated rings. The van der Waals surface area contributed by atoms with Gasteiger partial charge >= 0.3 is 0 Å². The van der Waals surface area contributed by atoms with Crippen LogP contribution < -0.4 is 15.6 Å². The van der Waals surface area contributed by atoms with E-state index in [0.717, 1.165) is 0 Å². The first-order valence-electron chi connectivity index (χ1n) is 9.14. The van der Waals surface area contributed by atoms with E-state index in [4.69, 9.17) is 16.3 Å². The Morgan fingerprint density at radius 1 is 1.27 bits per heavy atom. The van der Waals surface area contributed by atoms with Crippen molar-refractivity contribution in [2.45, 2.75) is 12.5 Å². The van der Waals surface area contributed by atoms with Gasteiger partial charge in [-0.05, 0) is 42.8 Å². The van der Waals surface area contributed by atoms with Gasteiger partial charge in [-0.15, -0.1) is 0 Å². The highest BCUT2D eigenvalue weighted by Gasteiger charge is 2.29. The minimum Gasteiger partial charge on any atom is -0.495 e. The first-order chi connectivity index (χ1) is 14.3. The largest absolute Gasteiger partial charge is 0.495 e. The second-order valence-corrected chi connectivity index (χ2v) is 9.68. The van der Waals surface area contributed by atoms with Crippen molar-refractivity contribution >= 4 is 38.2 Å². The van der Waals surface area contributed by atoms with E-state index in [1.165, 1.54) is 36.2 Å². The lowest BCUT2D eigenvalue weighted by molar-refractivity contribution is 0.0941. The van der Waals surface area contributed by atoms with Crippen LogP contribution >= 0.6 is 11.6 Å². The Labute approximate surface area is 177 Å². The summed E-state index contributed by atoms with van der Waals surface area (Å²) in [5.41, 5.74) is 0.894. The minimum absolute atomic E-state index is 0.0559. The third-order valence-corrected chi connectivity index (χ3v) is 7.07. The van der Waals surface area contributed by atoms with E-state index in [9.17, 15) is 18.0 Å². The summed E-state index contributed by atoms with van der Waals surface area (Å²) in [5, 5.41) is 3.43. The van der Waals surface area contributed by atoms with Gasteiger partial charge in [0.2, 0.25) is 0 Å². The summed E-state index contributed by atoms with van der Waals surface area (Å²) >= 11 is 6.15. The Hall–Kier alpha value is -2.91. The summed E-state index contributed by atoms with van der Waals surface area (Å²) in [6.07, 6.45) is 1.77. The summed E-state index contributed by atoms with van der Waals surface area (Å²) in [5.74, 6) is 0.117. The normalized spacial score (nSPS) is 17.7. The molecule has 3 aromatic rings. The fourth-order valence-electron chi connectivity index (χ4n) is 3.43. The van der Waals surface area contributed by atoms with Crippen molar-refractivity contribution < 1.29 is 17.9 Å². The van der Waals surface area contributed by atoms with Crippen molar-refractivity contribution in [3.05, 3.63) is 63.7 Å². The molecule has 0 aliphatic carbocycles. The number of sulfone groups is 1. The van der Waals surface area contributed by atoms with Crippen molar-refractivity contribution in [3.8, 4) is 11.4 Å². The maximum absolute atomic E-state index is 12.9. The standard InChI is InChI=1S/C20H18ClN3O5S/c1-29-18-5-3-14(9-16(18)21)24-11-22-17-8-12(2-4-15(17)20(24)26)19(25)23-13-6-7-30(27,28)10-13/h2-5,8-9,11,13H,6-7,10H2,1H3,(H,23,25). The number of aromatic nitrogens is 2. The number of hydrogen-bond acceptors (Lipinski definition) is 6. The molecule has 1 unspecified atom stereocenters. The van der Waals surface area contributed by atoms with E-state index in [-0.39, 0.29) is 17.1 Å². The molecule has 0 saturated carbocycles. The SMILES string of the molecule is COc1ccc(-n2cnc3cc(C(=O)NC4CCS(=O)(=O)C4)ccc3c2=O)cc1Cl. The van der Waals surface area contributed by atoms with Crippen LogP contribution in [0.5, 0.6) is 5.75 Å². The van der Waals surface area contributed by atoms with E-state index < -0.39 is 21.8 Å². The number of benzene rings is 2. The molecular formula is C20H18ClN3O5S. The lowest BCUT2D eigenvalue weighted by atomic mass is 10.1. The van der Waals surface area contributed by atoms with Crippen LogP contribution in [0.25, 0.3) is 16.6 Å². The van der Waals surface area contributed by atoms with Gasteiger partial charge in [-0.3, -0.25) is 14.2 Å². The minimum atomic E-state index is -3.09. The van der Waals surface area contributed by atoms with Gasteiger partial charge in [-0.25, -0.2) is 13.4 Å². The van der Waals surface area contributed by atoms with E-state index in [1.54, 1.807) is 18.2 Å². The predicted molar refractivity (Wildman–Crippen MR) is 113 cm³/mol. The smallest absolute Gasteiger partial charge is 0.265 e. The molecule has 0 spiro atoms. The Balaban J connectivity index is 1.63. The molecule has 156 valence electrons. The number of fused-ring (bicyclic) bond motifs is 1. The molecule has 1 aliphatic rings. The molecule has 1 aromatic heterocycles. The van der Waals surface area contributed by atoms with Crippen LogP contribution in [-0.4, -0.2) is 48.5 Å². The Morgan fingerprint density at radius 2 is 2.07 bits per heavy atom. The number of nitrogens with zero attached hydrogens (tertiary/aromatic N) is 2. The molecular weight excluding hydrogens is 430 g/mol. The molecule has 2 aromatic carbocycles. The molecule has 30 heavy (non-hydrogen) atoms. The average molecular weight is 448 g/mol. The summed E-state index contributed by atoms with van der Waals surface area (Å²) in [6, 6.07) is 9.12. The predicted octanol–water partition coefficient (Wildman–Crippen LogP) is 1.96. The second-order valence-electron chi connectivity index (χ2n) is 7.04. The molecule has 10 heteroatoms. The lowest BCUT2D eigenvalue weighted by Gasteiger charge is -2.12. The highest BCUT2D eigenvalue weighted by atomic mass is 35.5. The van der Waals surface area contributed by atoms with Crippen molar-refractivity contribution in [1.29, 1.82) is 0 Å². The van der Waals surface area contributed by atoms with Gasteiger partial charge < -0.3 is 10.1 Å². The Bertz CT molecular complexity index is 1320. The number of halogens is 1. The average Bonchev–Trinajstić information content (AvgIpc) is 3.06. The fourth-order valence-corrected chi connectivity index (χ4v) is 5.35. The number of amides is 1. The maximum atomic E-state index is 12.9. The molecule has 4 rings (SSSR count). The summed E-state index contributed by atoms with van der Waals surface area (Å²) < 4.78 is 29.6. The van der Waals surface area contributed by atoms with E-state index >= 15 is 0 Å². The van der Waals surface area contributed by atoms with Crippen LogP contribution in [0.1, 0.15) is 16.8 Å². The number of carbonyl (C=O) groups is 1. The van der Waals surface area contributed by atoms with Crippen molar-refractivity contribution in [3.63, 3.8) is 0 Å². The number of hydrogen-bond donors (Lipinski definition) is 1. The van der Waals surface area contributed by atoms with Gasteiger partial charge in [-0.1, -0.05) is 11.6 Å². The zero-order valence-corrected chi connectivity index (χ0v) is 17.5. The number of nitrogens with one attached hydrogen (secondary N) is 1. The molecule has 1 amide bonds. The molecule has 8 nitrogen and oxygen atoms in total. The van der Waals surface area contributed by atoms with E-state index in [0.29, 0.717) is 39.3 Å². The van der Waals surface area contributed by atoms with Gasteiger partial charge in [0.1, 0.15) is 12.1 Å². The fraction of sp³-hybridized carbons (Fsp3) is 0.250. The molecule has 1 N–H and O–H groups in total. The maximum Gasteiger partial charge on any atom is 0.265 e. The van der Waals surface area contributed by atoms with Crippen molar-refractivity contribution in [2.24, 2.45) is 0 Å². The molecule has 0 radical (unpaired) electrons. The highest BCUT2D eigenvalue weighted by molar-refractivity contribution is 7.91. The zero-order chi connectivity index (χ0) is 21.5. The van der Waals surface area contributed by atoms with Crippen LogP contribution in [0.15, 0.2) is 47.5 Å². The monoisotopic (exact) mass is 447 g/mol. The molecule has 0 bridgehead atoms. The van der Waals surface area contributed by atoms with Crippen LogP contribution in [0.3, 0.4) is 0 Å². The summed E-state index contributed by atoms with van der Waals surface area (Å²) in [7, 11) is -1.59. The lowest BCUT2D eigenvalue weighted by Crippen LogP contribution is -2.35. The van der Waals surface area contributed by atoms with E-state index in [2.05, 4.69) is 10.3 Å². The number of rotatable bonds is 4. The van der Waals surface area contributed by atoms with Gasteiger partial charge in [0.15, 0.2) is 9.84 Å². The van der Waals surface area contributed by atoms with Gasteiger partial charge in [0.05, 0.1) is 40.2 Å². The van der Waals surface area contributed by atoms with Crippen LogP contribution in [0, 0.1) is 0 Å². The van der Waals surface area contributed by atoms with Gasteiger partial charge in [0, 0.05) is 11.6 Å². The van der Waals surface area contributed by atoms with Gasteiger partial charge in [0.25, 0.3) is 11.5 Å². The Kier molecular flexibility index (Phi) is 5.25. The summed E-state index contributed by atoms with van der Waals surface area (Å²) in [6.45, 7) is 0. The molecule has 1 saturated heterocycles. The van der Waals surface area contributed by atoms with E-state index in [1.807, 2.05) is 0 Å². The third-order valence-electron chi connectivity index (χ3n) is 5.00. The zero-order valence-electron chi connectivity index (χ0n) is 16.0. The number of ether oxygens (including phenoxy) is 1. The highest BCUT2D eigenvalue weighted by Crippen LogP contribution is 2.26. The quantitative estimate of drug-likeness (QED) is 0.655. The topological polar surface area (TPSA) is 107 Å².